The van der Waals surface area contributed by atoms with Gasteiger partial charge in [-0.1, -0.05) is 61.0 Å². The molecule has 136 valence electrons. The molecule has 0 spiro atoms. The van der Waals surface area contributed by atoms with Crippen LogP contribution in [0.4, 0.5) is 0 Å². The van der Waals surface area contributed by atoms with Crippen molar-refractivity contribution in [3.05, 3.63) is 59.7 Å². The van der Waals surface area contributed by atoms with Crippen LogP contribution in [0.5, 0.6) is 0 Å². The second-order valence-electron chi connectivity index (χ2n) is 6.91. The number of carbonyl (C=O) groups excluding carboxylic acids is 2. The van der Waals surface area contributed by atoms with Gasteiger partial charge < -0.3 is 10.2 Å². The Labute approximate surface area is 155 Å². The van der Waals surface area contributed by atoms with Gasteiger partial charge in [0.2, 0.25) is 11.8 Å². The summed E-state index contributed by atoms with van der Waals surface area (Å²) in [4.78, 5) is 26.5. The Balaban J connectivity index is 1.86. The van der Waals surface area contributed by atoms with Gasteiger partial charge in [-0.3, -0.25) is 9.59 Å². The SMILES string of the molecule is CCC(=O)N1CCNC(=O)[C@@H](Cc2ccccc2-c2ccc(C)cc2)C1. The first-order valence-corrected chi connectivity index (χ1v) is 9.29. The molecule has 0 aliphatic carbocycles. The van der Waals surface area contributed by atoms with E-state index in [-0.39, 0.29) is 17.7 Å². The molecule has 1 aliphatic rings. The predicted octanol–water partition coefficient (Wildman–Crippen LogP) is 3.19. The van der Waals surface area contributed by atoms with Crippen molar-refractivity contribution < 1.29 is 9.59 Å². The van der Waals surface area contributed by atoms with E-state index in [9.17, 15) is 9.59 Å². The van der Waals surface area contributed by atoms with Crippen LogP contribution < -0.4 is 5.32 Å². The summed E-state index contributed by atoms with van der Waals surface area (Å²) in [5.74, 6) is -0.0759. The van der Waals surface area contributed by atoms with Crippen LogP contribution in [0.2, 0.25) is 0 Å². The molecular formula is C22H26N2O2. The van der Waals surface area contributed by atoms with Gasteiger partial charge in [0.25, 0.3) is 0 Å². The third-order valence-corrected chi connectivity index (χ3v) is 4.99. The Morgan fingerprint density at radius 2 is 1.88 bits per heavy atom. The van der Waals surface area contributed by atoms with Gasteiger partial charge in [-0.05, 0) is 30.0 Å². The highest BCUT2D eigenvalue weighted by Crippen LogP contribution is 2.26. The van der Waals surface area contributed by atoms with Crippen LogP contribution >= 0.6 is 0 Å². The van der Waals surface area contributed by atoms with Crippen molar-refractivity contribution in [1.29, 1.82) is 0 Å². The van der Waals surface area contributed by atoms with Gasteiger partial charge in [0, 0.05) is 26.1 Å². The van der Waals surface area contributed by atoms with Crippen LogP contribution in [0, 0.1) is 12.8 Å². The lowest BCUT2D eigenvalue weighted by Gasteiger charge is -2.23. The minimum atomic E-state index is -0.223. The Morgan fingerprint density at radius 3 is 2.62 bits per heavy atom. The van der Waals surface area contributed by atoms with E-state index in [4.69, 9.17) is 0 Å². The number of carbonyl (C=O) groups is 2. The third kappa shape index (κ3) is 4.13. The summed E-state index contributed by atoms with van der Waals surface area (Å²) in [5.41, 5.74) is 4.67. The lowest BCUT2D eigenvalue weighted by molar-refractivity contribution is -0.131. The molecule has 0 radical (unpaired) electrons. The number of rotatable bonds is 4. The van der Waals surface area contributed by atoms with Crippen molar-refractivity contribution in [3.63, 3.8) is 0 Å². The van der Waals surface area contributed by atoms with Crippen molar-refractivity contribution in [3.8, 4) is 11.1 Å². The second-order valence-corrected chi connectivity index (χ2v) is 6.91. The molecule has 0 saturated carbocycles. The number of aryl methyl sites for hydroxylation is 1. The number of amides is 2. The van der Waals surface area contributed by atoms with E-state index < -0.39 is 0 Å². The molecular weight excluding hydrogens is 324 g/mol. The minimum absolute atomic E-state index is 0.0371. The molecule has 1 fully saturated rings. The zero-order chi connectivity index (χ0) is 18.5. The highest BCUT2D eigenvalue weighted by atomic mass is 16.2. The van der Waals surface area contributed by atoms with Crippen LogP contribution in [0.3, 0.4) is 0 Å². The van der Waals surface area contributed by atoms with Crippen LogP contribution in [0.25, 0.3) is 11.1 Å². The maximum Gasteiger partial charge on any atom is 0.225 e. The minimum Gasteiger partial charge on any atom is -0.354 e. The van der Waals surface area contributed by atoms with Crippen LogP contribution in [-0.2, 0) is 16.0 Å². The number of nitrogens with one attached hydrogen (secondary N) is 1. The summed E-state index contributed by atoms with van der Waals surface area (Å²) in [5, 5.41) is 2.96. The largest absolute Gasteiger partial charge is 0.354 e. The van der Waals surface area contributed by atoms with E-state index in [0.717, 1.165) is 16.7 Å². The van der Waals surface area contributed by atoms with E-state index in [1.165, 1.54) is 5.56 Å². The maximum absolute atomic E-state index is 12.5. The lowest BCUT2D eigenvalue weighted by Crippen LogP contribution is -2.36. The summed E-state index contributed by atoms with van der Waals surface area (Å²) in [6.07, 6.45) is 1.10. The molecule has 4 heteroatoms. The van der Waals surface area contributed by atoms with Crippen molar-refractivity contribution in [2.24, 2.45) is 5.92 Å². The van der Waals surface area contributed by atoms with Gasteiger partial charge in [0.15, 0.2) is 0 Å². The summed E-state index contributed by atoms with van der Waals surface area (Å²) >= 11 is 0. The first-order chi connectivity index (χ1) is 12.6. The molecule has 26 heavy (non-hydrogen) atoms. The third-order valence-electron chi connectivity index (χ3n) is 4.99. The van der Waals surface area contributed by atoms with Gasteiger partial charge in [0.05, 0.1) is 5.92 Å². The van der Waals surface area contributed by atoms with Crippen molar-refractivity contribution in [2.75, 3.05) is 19.6 Å². The molecule has 2 aromatic rings. The molecule has 1 N–H and O–H groups in total. The van der Waals surface area contributed by atoms with E-state index in [1.807, 2.05) is 24.0 Å². The van der Waals surface area contributed by atoms with Crippen molar-refractivity contribution in [1.82, 2.24) is 10.2 Å². The number of hydrogen-bond acceptors (Lipinski definition) is 2. The number of nitrogens with zero attached hydrogens (tertiary/aromatic N) is 1. The molecule has 1 saturated heterocycles. The maximum atomic E-state index is 12.5. The van der Waals surface area contributed by atoms with Crippen molar-refractivity contribution in [2.45, 2.75) is 26.7 Å². The fourth-order valence-corrected chi connectivity index (χ4v) is 3.48. The predicted molar refractivity (Wildman–Crippen MR) is 104 cm³/mol. The van der Waals surface area contributed by atoms with Crippen LogP contribution in [0.1, 0.15) is 24.5 Å². The van der Waals surface area contributed by atoms with E-state index in [0.29, 0.717) is 32.5 Å². The fraction of sp³-hybridized carbons (Fsp3) is 0.364. The molecule has 2 amide bonds. The lowest BCUT2D eigenvalue weighted by atomic mass is 9.91. The first kappa shape index (κ1) is 18.2. The van der Waals surface area contributed by atoms with E-state index >= 15 is 0 Å². The van der Waals surface area contributed by atoms with Crippen LogP contribution in [-0.4, -0.2) is 36.3 Å². The van der Waals surface area contributed by atoms with Gasteiger partial charge in [-0.25, -0.2) is 0 Å². The highest BCUT2D eigenvalue weighted by molar-refractivity contribution is 5.82. The molecule has 0 bridgehead atoms. The molecule has 3 rings (SSSR count). The summed E-state index contributed by atoms with van der Waals surface area (Å²) < 4.78 is 0. The Hall–Kier alpha value is -2.62. The van der Waals surface area contributed by atoms with E-state index in [2.05, 4.69) is 48.6 Å². The number of benzene rings is 2. The van der Waals surface area contributed by atoms with Gasteiger partial charge >= 0.3 is 0 Å². The molecule has 1 aliphatic heterocycles. The monoisotopic (exact) mass is 350 g/mol. The molecule has 1 atom stereocenters. The molecule has 2 aromatic carbocycles. The van der Waals surface area contributed by atoms with Gasteiger partial charge in [-0.15, -0.1) is 0 Å². The summed E-state index contributed by atoms with van der Waals surface area (Å²) in [7, 11) is 0. The molecule has 4 nitrogen and oxygen atoms in total. The summed E-state index contributed by atoms with van der Waals surface area (Å²) in [6.45, 7) is 5.55. The molecule has 0 unspecified atom stereocenters. The fourth-order valence-electron chi connectivity index (χ4n) is 3.48. The van der Waals surface area contributed by atoms with E-state index in [1.54, 1.807) is 0 Å². The average molecular weight is 350 g/mol. The standard InChI is InChI=1S/C22H26N2O2/c1-3-21(25)24-13-12-23-22(26)19(15-24)14-18-6-4-5-7-20(18)17-10-8-16(2)9-11-17/h4-11,19H,3,12-15H2,1-2H3,(H,23,26)/t19-/m0/s1. The zero-order valence-corrected chi connectivity index (χ0v) is 15.5. The quantitative estimate of drug-likeness (QED) is 0.921. The van der Waals surface area contributed by atoms with Crippen molar-refractivity contribution >= 4 is 11.8 Å². The molecule has 1 heterocycles. The Morgan fingerprint density at radius 1 is 1.15 bits per heavy atom. The Bertz CT molecular complexity index is 783. The molecule has 0 aromatic heterocycles. The van der Waals surface area contributed by atoms with Crippen LogP contribution in [0.15, 0.2) is 48.5 Å². The smallest absolute Gasteiger partial charge is 0.225 e. The van der Waals surface area contributed by atoms with Gasteiger partial charge in [-0.2, -0.15) is 0 Å². The zero-order valence-electron chi connectivity index (χ0n) is 15.5. The number of hydrogen-bond donors (Lipinski definition) is 1. The average Bonchev–Trinajstić information content (AvgIpc) is 2.84. The Kier molecular flexibility index (Phi) is 5.71. The highest BCUT2D eigenvalue weighted by Gasteiger charge is 2.27. The first-order valence-electron chi connectivity index (χ1n) is 9.29. The topological polar surface area (TPSA) is 49.4 Å². The summed E-state index contributed by atoms with van der Waals surface area (Å²) in [6, 6.07) is 16.7. The van der Waals surface area contributed by atoms with Gasteiger partial charge in [0.1, 0.15) is 0 Å². The normalized spacial score (nSPS) is 17.5. The second kappa shape index (κ2) is 8.17.